The van der Waals surface area contributed by atoms with E-state index in [1.54, 1.807) is 0 Å². The third-order valence-electron chi connectivity index (χ3n) is 3.11. The van der Waals surface area contributed by atoms with E-state index in [1.807, 2.05) is 19.0 Å². The molecule has 0 spiro atoms. The number of fused-ring (bicyclic) bond motifs is 1. The van der Waals surface area contributed by atoms with Crippen molar-refractivity contribution in [3.05, 3.63) is 0 Å². The number of nitrogens with one attached hydrogen (secondary N) is 1. The molecule has 2 heterocycles. The van der Waals surface area contributed by atoms with Crippen LogP contribution >= 0.6 is 11.8 Å². The Hall–Kier alpha value is -1.03. The highest BCUT2D eigenvalue weighted by atomic mass is 32.2. The second-order valence-electron chi connectivity index (χ2n) is 4.79. The molecule has 0 radical (unpaired) electrons. The molecule has 8 nitrogen and oxygen atoms in total. The maximum Gasteiger partial charge on any atom is 0.406 e. The predicted molar refractivity (Wildman–Crippen MR) is 73.6 cm³/mol. The lowest BCUT2D eigenvalue weighted by Gasteiger charge is -2.37. The molecular formula is C11H19N3O5S. The van der Waals surface area contributed by atoms with Crippen LogP contribution in [0, 0.1) is 0 Å². The smallest absolute Gasteiger partial charge is 0.406 e. The lowest BCUT2D eigenvalue weighted by atomic mass is 9.99. The summed E-state index contributed by atoms with van der Waals surface area (Å²) in [7, 11) is 5.13. The molecule has 0 unspecified atom stereocenters. The van der Waals surface area contributed by atoms with Crippen LogP contribution in [0.25, 0.3) is 0 Å². The van der Waals surface area contributed by atoms with Gasteiger partial charge < -0.3 is 29.9 Å². The number of ether oxygens (including phenoxy) is 2. The number of hydrogen-bond acceptors (Lipinski definition) is 8. The minimum Gasteiger partial charge on any atom is -0.447 e. The summed E-state index contributed by atoms with van der Waals surface area (Å²) in [6.07, 6.45) is -3.57. The Morgan fingerprint density at radius 1 is 1.50 bits per heavy atom. The maximum absolute atomic E-state index is 11.0. The van der Waals surface area contributed by atoms with Crippen molar-refractivity contribution in [2.24, 2.45) is 4.99 Å². The number of carbonyl (C=O) groups excluding carboxylic acids is 1. The van der Waals surface area contributed by atoms with Crippen molar-refractivity contribution in [2.75, 3.05) is 27.7 Å². The Kier molecular flexibility index (Phi) is 4.74. The number of amides is 1. The van der Waals surface area contributed by atoms with Crippen molar-refractivity contribution in [2.45, 2.75) is 29.8 Å². The summed E-state index contributed by atoms with van der Waals surface area (Å²) >= 11 is 1.38. The van der Waals surface area contributed by atoms with Gasteiger partial charge in [0.25, 0.3) is 0 Å². The highest BCUT2D eigenvalue weighted by molar-refractivity contribution is 8.14. The topological polar surface area (TPSA) is 104 Å². The summed E-state index contributed by atoms with van der Waals surface area (Å²) in [4.78, 5) is 17.2. The van der Waals surface area contributed by atoms with Gasteiger partial charge in [-0.05, 0) is 0 Å². The SMILES string of the molecule is CNC(=O)OC[C@H]1O[C@@H]2SC(N(C)C)=N[C@@H]2[C@@H](O)[C@@H]1O. The summed E-state index contributed by atoms with van der Waals surface area (Å²) in [5.41, 5.74) is -0.385. The van der Waals surface area contributed by atoms with Gasteiger partial charge in [0.1, 0.15) is 36.4 Å². The number of aliphatic hydroxyl groups excluding tert-OH is 2. The lowest BCUT2D eigenvalue weighted by molar-refractivity contribution is -0.164. The third kappa shape index (κ3) is 3.00. The molecule has 0 aromatic heterocycles. The van der Waals surface area contributed by atoms with Gasteiger partial charge in [-0.1, -0.05) is 11.8 Å². The minimum absolute atomic E-state index is 0.126. The van der Waals surface area contributed by atoms with Crippen molar-refractivity contribution in [3.63, 3.8) is 0 Å². The summed E-state index contributed by atoms with van der Waals surface area (Å²) in [6, 6.07) is -0.511. The largest absolute Gasteiger partial charge is 0.447 e. The molecule has 0 aliphatic carbocycles. The van der Waals surface area contributed by atoms with Crippen molar-refractivity contribution >= 4 is 23.0 Å². The van der Waals surface area contributed by atoms with E-state index in [9.17, 15) is 15.0 Å². The van der Waals surface area contributed by atoms with Crippen molar-refractivity contribution in [1.82, 2.24) is 10.2 Å². The van der Waals surface area contributed by atoms with E-state index in [0.29, 0.717) is 0 Å². The average Bonchev–Trinajstić information content (AvgIpc) is 2.85. The molecule has 0 aromatic rings. The van der Waals surface area contributed by atoms with Gasteiger partial charge in [-0.3, -0.25) is 4.99 Å². The maximum atomic E-state index is 11.0. The van der Waals surface area contributed by atoms with E-state index in [2.05, 4.69) is 10.3 Å². The zero-order chi connectivity index (χ0) is 14.9. The van der Waals surface area contributed by atoms with Crippen molar-refractivity contribution < 1.29 is 24.5 Å². The molecule has 0 aromatic carbocycles. The molecule has 20 heavy (non-hydrogen) atoms. The van der Waals surface area contributed by atoms with Crippen molar-refractivity contribution in [3.8, 4) is 0 Å². The fraction of sp³-hybridized carbons (Fsp3) is 0.818. The van der Waals surface area contributed by atoms with Crippen LogP contribution in [0.4, 0.5) is 4.79 Å². The van der Waals surface area contributed by atoms with Gasteiger partial charge in [0.2, 0.25) is 0 Å². The van der Waals surface area contributed by atoms with Gasteiger partial charge in [0.15, 0.2) is 5.17 Å². The fourth-order valence-electron chi connectivity index (χ4n) is 2.00. The Balaban J connectivity index is 2.00. The van der Waals surface area contributed by atoms with E-state index in [0.717, 1.165) is 5.17 Å². The number of hydrogen-bond donors (Lipinski definition) is 3. The van der Waals surface area contributed by atoms with Gasteiger partial charge >= 0.3 is 6.09 Å². The van der Waals surface area contributed by atoms with Crippen LogP contribution in [-0.2, 0) is 9.47 Å². The second-order valence-corrected chi connectivity index (χ2v) is 5.85. The summed E-state index contributed by atoms with van der Waals surface area (Å²) in [5.74, 6) is 0. The van der Waals surface area contributed by atoms with E-state index in [-0.39, 0.29) is 12.0 Å². The van der Waals surface area contributed by atoms with Crippen LogP contribution in [0.5, 0.6) is 0 Å². The fourth-order valence-corrected chi connectivity index (χ4v) is 3.16. The first kappa shape index (κ1) is 15.4. The van der Waals surface area contributed by atoms with Gasteiger partial charge in [-0.2, -0.15) is 0 Å². The number of aliphatic hydroxyl groups is 2. The Morgan fingerprint density at radius 3 is 2.80 bits per heavy atom. The number of rotatable bonds is 2. The first-order valence-corrected chi connectivity index (χ1v) is 7.10. The molecule has 2 rings (SSSR count). The Morgan fingerprint density at radius 2 is 2.20 bits per heavy atom. The molecule has 1 saturated heterocycles. The van der Waals surface area contributed by atoms with Gasteiger partial charge in [0.05, 0.1) is 0 Å². The highest BCUT2D eigenvalue weighted by Crippen LogP contribution is 2.36. The van der Waals surface area contributed by atoms with Crippen LogP contribution < -0.4 is 5.32 Å². The molecule has 0 bridgehead atoms. The molecule has 3 N–H and O–H groups in total. The number of amidine groups is 1. The molecule has 5 atom stereocenters. The zero-order valence-corrected chi connectivity index (χ0v) is 12.3. The predicted octanol–water partition coefficient (Wildman–Crippen LogP) is -1.18. The van der Waals surface area contributed by atoms with E-state index in [1.165, 1.54) is 18.8 Å². The van der Waals surface area contributed by atoms with E-state index >= 15 is 0 Å². The van der Waals surface area contributed by atoms with Crippen LogP contribution in [-0.4, -0.2) is 83.9 Å². The lowest BCUT2D eigenvalue weighted by Crippen LogP contribution is -2.56. The number of thioether (sulfide) groups is 1. The van der Waals surface area contributed by atoms with E-state index in [4.69, 9.17) is 9.47 Å². The normalized spacial score (nSPS) is 36.0. The third-order valence-corrected chi connectivity index (χ3v) is 4.42. The number of nitrogens with zero attached hydrogens (tertiary/aromatic N) is 2. The number of carbonyl (C=O) groups is 1. The minimum atomic E-state index is -1.15. The molecule has 9 heteroatoms. The summed E-state index contributed by atoms with van der Waals surface area (Å²) in [6.45, 7) is -0.126. The standard InChI is InChI=1S/C11H19N3O5S/c1-12-11(17)18-4-5-7(15)8(16)6-9(19-5)20-10(13-6)14(2)3/h5-9,15-16H,4H2,1-3H3,(H,12,17)/t5-,6-,7-,8-,9-/m1/s1. The van der Waals surface area contributed by atoms with E-state index < -0.39 is 30.4 Å². The van der Waals surface area contributed by atoms with Gasteiger partial charge in [-0.15, -0.1) is 0 Å². The number of aliphatic imine (C=N–C) groups is 1. The molecule has 2 aliphatic rings. The van der Waals surface area contributed by atoms with Gasteiger partial charge in [0, 0.05) is 21.1 Å². The zero-order valence-electron chi connectivity index (χ0n) is 11.5. The molecule has 114 valence electrons. The number of alkyl carbamates (subject to hydrolysis) is 1. The molecule has 2 aliphatic heterocycles. The van der Waals surface area contributed by atoms with Crippen LogP contribution in [0.2, 0.25) is 0 Å². The Bertz CT molecular complexity index is 406. The summed E-state index contributed by atoms with van der Waals surface area (Å²) in [5, 5.41) is 23.2. The molecule has 1 amide bonds. The quantitative estimate of drug-likeness (QED) is 0.590. The first-order valence-electron chi connectivity index (χ1n) is 6.22. The first-order chi connectivity index (χ1) is 9.43. The molecule has 0 saturated carbocycles. The van der Waals surface area contributed by atoms with Crippen LogP contribution in [0.1, 0.15) is 0 Å². The average molecular weight is 305 g/mol. The van der Waals surface area contributed by atoms with Crippen molar-refractivity contribution in [1.29, 1.82) is 0 Å². The van der Waals surface area contributed by atoms with Crippen LogP contribution in [0.15, 0.2) is 4.99 Å². The van der Waals surface area contributed by atoms with Crippen LogP contribution in [0.3, 0.4) is 0 Å². The summed E-state index contributed by atoms with van der Waals surface area (Å²) < 4.78 is 10.5. The Labute approximate surface area is 121 Å². The van der Waals surface area contributed by atoms with Gasteiger partial charge in [-0.25, -0.2) is 4.79 Å². The highest BCUT2D eigenvalue weighted by Gasteiger charge is 2.48. The monoisotopic (exact) mass is 305 g/mol. The second kappa shape index (κ2) is 6.17. The molecule has 1 fully saturated rings. The molecular weight excluding hydrogens is 286 g/mol.